The van der Waals surface area contributed by atoms with Crippen molar-refractivity contribution in [2.24, 2.45) is 10.4 Å². The van der Waals surface area contributed by atoms with Gasteiger partial charge in [-0.3, -0.25) is 4.79 Å². The molecule has 0 aliphatic heterocycles. The van der Waals surface area contributed by atoms with Crippen LogP contribution < -0.4 is 25.4 Å². The number of benzene rings is 1. The van der Waals surface area contributed by atoms with Gasteiger partial charge in [-0.1, -0.05) is 25.8 Å². The Bertz CT molecular complexity index is 700. The zero-order chi connectivity index (χ0) is 21.8. The van der Waals surface area contributed by atoms with Gasteiger partial charge >= 0.3 is 0 Å². The summed E-state index contributed by atoms with van der Waals surface area (Å²) in [6.45, 7) is 9.10. The number of aliphatic imine (C=N–C) groups is 1. The number of ether oxygens (including phenoxy) is 2. The van der Waals surface area contributed by atoms with E-state index in [1.54, 1.807) is 7.11 Å². The van der Waals surface area contributed by atoms with Gasteiger partial charge in [-0.15, -0.1) is 0 Å². The number of hydrogen-bond acceptors (Lipinski definition) is 4. The second-order valence-electron chi connectivity index (χ2n) is 7.84. The minimum atomic E-state index is -0.151. The number of carbonyl (C=O) groups is 1. The lowest BCUT2D eigenvalue weighted by Gasteiger charge is -2.28. The van der Waals surface area contributed by atoms with Crippen LogP contribution in [0.3, 0.4) is 0 Å². The molecule has 1 aliphatic rings. The van der Waals surface area contributed by atoms with E-state index in [1.807, 2.05) is 25.1 Å². The Hall–Kier alpha value is -2.44. The SMILES string of the molecule is CCNC(=O)COc1ccc(CN=C(NCC)NCC2(CC)CCCC2)cc1OC. The standard InChI is InChI=1S/C23H38N4O3/c1-5-23(12-8-9-13-23)17-27-22(25-7-3)26-15-18-10-11-19(20(14-18)29-4)30-16-21(28)24-6-2/h10-11,14H,5-9,12-13,15-17H2,1-4H3,(H,24,28)(H2,25,26,27). The summed E-state index contributed by atoms with van der Waals surface area (Å²) in [5.41, 5.74) is 1.42. The highest BCUT2D eigenvalue weighted by Gasteiger charge is 2.31. The van der Waals surface area contributed by atoms with Gasteiger partial charge in [0.15, 0.2) is 24.1 Å². The van der Waals surface area contributed by atoms with Crippen LogP contribution in [0.1, 0.15) is 58.4 Å². The maximum absolute atomic E-state index is 11.6. The Labute approximate surface area is 181 Å². The van der Waals surface area contributed by atoms with Crippen LogP contribution in [0.4, 0.5) is 0 Å². The summed E-state index contributed by atoms with van der Waals surface area (Å²) in [7, 11) is 1.60. The predicted octanol–water partition coefficient (Wildman–Crippen LogP) is 3.24. The van der Waals surface area contributed by atoms with Crippen LogP contribution in [-0.2, 0) is 11.3 Å². The van der Waals surface area contributed by atoms with Crippen molar-refractivity contribution in [3.05, 3.63) is 23.8 Å². The molecule has 1 fully saturated rings. The van der Waals surface area contributed by atoms with Crippen LogP contribution in [0.2, 0.25) is 0 Å². The van der Waals surface area contributed by atoms with E-state index in [0.717, 1.165) is 24.6 Å². The maximum Gasteiger partial charge on any atom is 0.257 e. The number of hydrogen-bond donors (Lipinski definition) is 3. The van der Waals surface area contributed by atoms with Crippen LogP contribution in [0.25, 0.3) is 0 Å². The number of methoxy groups -OCH3 is 1. The third-order valence-corrected chi connectivity index (χ3v) is 5.77. The molecule has 0 heterocycles. The summed E-state index contributed by atoms with van der Waals surface area (Å²) in [6.07, 6.45) is 6.46. The Morgan fingerprint density at radius 2 is 1.80 bits per heavy atom. The van der Waals surface area contributed by atoms with Crippen molar-refractivity contribution in [2.75, 3.05) is 33.4 Å². The Morgan fingerprint density at radius 1 is 1.07 bits per heavy atom. The third kappa shape index (κ3) is 7.11. The van der Waals surface area contributed by atoms with E-state index in [2.05, 4.69) is 29.8 Å². The first-order valence-corrected chi connectivity index (χ1v) is 11.1. The molecule has 1 amide bonds. The summed E-state index contributed by atoms with van der Waals surface area (Å²) < 4.78 is 11.0. The molecule has 1 aliphatic carbocycles. The minimum Gasteiger partial charge on any atom is -0.493 e. The Morgan fingerprint density at radius 3 is 2.43 bits per heavy atom. The molecule has 0 spiro atoms. The van der Waals surface area contributed by atoms with Gasteiger partial charge < -0.3 is 25.4 Å². The fourth-order valence-corrected chi connectivity index (χ4v) is 3.88. The maximum atomic E-state index is 11.6. The van der Waals surface area contributed by atoms with Crippen molar-refractivity contribution >= 4 is 11.9 Å². The van der Waals surface area contributed by atoms with Crippen molar-refractivity contribution in [1.29, 1.82) is 0 Å². The number of guanidine groups is 1. The lowest BCUT2D eigenvalue weighted by Crippen LogP contribution is -2.42. The van der Waals surface area contributed by atoms with E-state index in [9.17, 15) is 4.79 Å². The van der Waals surface area contributed by atoms with E-state index in [0.29, 0.717) is 30.0 Å². The average Bonchev–Trinajstić information content (AvgIpc) is 3.24. The zero-order valence-corrected chi connectivity index (χ0v) is 19.0. The molecule has 0 unspecified atom stereocenters. The Kier molecular flexibility index (Phi) is 9.77. The largest absolute Gasteiger partial charge is 0.493 e. The van der Waals surface area contributed by atoms with Gasteiger partial charge in [0, 0.05) is 19.6 Å². The van der Waals surface area contributed by atoms with Crippen LogP contribution in [0.5, 0.6) is 11.5 Å². The number of likely N-dealkylation sites (N-methyl/N-ethyl adjacent to an activating group) is 1. The van der Waals surface area contributed by atoms with Gasteiger partial charge in [0.05, 0.1) is 13.7 Å². The smallest absolute Gasteiger partial charge is 0.257 e. The van der Waals surface area contributed by atoms with E-state index in [1.165, 1.54) is 32.1 Å². The van der Waals surface area contributed by atoms with Crippen molar-refractivity contribution in [3.8, 4) is 11.5 Å². The van der Waals surface area contributed by atoms with E-state index in [-0.39, 0.29) is 12.5 Å². The molecule has 0 radical (unpaired) electrons. The summed E-state index contributed by atoms with van der Waals surface area (Å²) in [4.78, 5) is 16.4. The zero-order valence-electron chi connectivity index (χ0n) is 19.0. The predicted molar refractivity (Wildman–Crippen MR) is 121 cm³/mol. The number of carbonyl (C=O) groups excluding carboxylic acids is 1. The highest BCUT2D eigenvalue weighted by Crippen LogP contribution is 2.40. The van der Waals surface area contributed by atoms with Crippen molar-refractivity contribution < 1.29 is 14.3 Å². The van der Waals surface area contributed by atoms with E-state index in [4.69, 9.17) is 14.5 Å². The van der Waals surface area contributed by atoms with Gasteiger partial charge in [0.2, 0.25) is 0 Å². The van der Waals surface area contributed by atoms with Crippen LogP contribution >= 0.6 is 0 Å². The van der Waals surface area contributed by atoms with Crippen LogP contribution in [0, 0.1) is 5.41 Å². The summed E-state index contributed by atoms with van der Waals surface area (Å²) in [5, 5.41) is 9.60. The van der Waals surface area contributed by atoms with Gasteiger partial charge in [-0.05, 0) is 56.2 Å². The van der Waals surface area contributed by atoms with Gasteiger partial charge in [-0.2, -0.15) is 0 Å². The third-order valence-electron chi connectivity index (χ3n) is 5.77. The number of nitrogens with zero attached hydrogens (tertiary/aromatic N) is 1. The molecule has 1 aromatic carbocycles. The molecule has 1 aromatic rings. The summed E-state index contributed by atoms with van der Waals surface area (Å²) in [5.74, 6) is 1.84. The van der Waals surface area contributed by atoms with E-state index >= 15 is 0 Å². The van der Waals surface area contributed by atoms with Gasteiger partial charge in [-0.25, -0.2) is 4.99 Å². The molecule has 2 rings (SSSR count). The molecule has 7 nitrogen and oxygen atoms in total. The van der Waals surface area contributed by atoms with E-state index < -0.39 is 0 Å². The molecule has 3 N–H and O–H groups in total. The Balaban J connectivity index is 1.99. The monoisotopic (exact) mass is 418 g/mol. The number of rotatable bonds is 11. The second-order valence-corrected chi connectivity index (χ2v) is 7.84. The first-order valence-electron chi connectivity index (χ1n) is 11.1. The first-order chi connectivity index (χ1) is 14.6. The fourth-order valence-electron chi connectivity index (χ4n) is 3.88. The number of amides is 1. The van der Waals surface area contributed by atoms with Crippen molar-refractivity contribution in [1.82, 2.24) is 16.0 Å². The molecule has 0 aromatic heterocycles. The summed E-state index contributed by atoms with van der Waals surface area (Å²) in [6, 6.07) is 5.69. The second kappa shape index (κ2) is 12.3. The van der Waals surface area contributed by atoms with Crippen LogP contribution in [-0.4, -0.2) is 45.2 Å². The van der Waals surface area contributed by atoms with Gasteiger partial charge in [0.1, 0.15) is 0 Å². The molecule has 0 bridgehead atoms. The first kappa shape index (κ1) is 23.8. The summed E-state index contributed by atoms with van der Waals surface area (Å²) >= 11 is 0. The molecule has 30 heavy (non-hydrogen) atoms. The molecule has 0 atom stereocenters. The van der Waals surface area contributed by atoms with Gasteiger partial charge in [0.25, 0.3) is 5.91 Å². The number of nitrogens with one attached hydrogen (secondary N) is 3. The molecule has 1 saturated carbocycles. The topological polar surface area (TPSA) is 84.0 Å². The highest BCUT2D eigenvalue weighted by atomic mass is 16.5. The van der Waals surface area contributed by atoms with Crippen molar-refractivity contribution in [2.45, 2.75) is 59.4 Å². The molecule has 168 valence electrons. The molecular formula is C23H38N4O3. The lowest BCUT2D eigenvalue weighted by atomic mass is 9.83. The molecule has 0 saturated heterocycles. The highest BCUT2D eigenvalue weighted by molar-refractivity contribution is 5.79. The lowest BCUT2D eigenvalue weighted by molar-refractivity contribution is -0.123. The fraction of sp³-hybridized carbons (Fsp3) is 0.652. The molecular weight excluding hydrogens is 380 g/mol. The molecule has 7 heteroatoms. The van der Waals surface area contributed by atoms with Crippen LogP contribution in [0.15, 0.2) is 23.2 Å². The quantitative estimate of drug-likeness (QED) is 0.380. The van der Waals surface area contributed by atoms with Crippen molar-refractivity contribution in [3.63, 3.8) is 0 Å². The average molecular weight is 419 g/mol. The normalized spacial score (nSPS) is 15.5. The minimum absolute atomic E-state index is 0.0324.